The van der Waals surface area contributed by atoms with Crippen LogP contribution in [0.5, 0.6) is 11.5 Å². The molecule has 6 nitrogen and oxygen atoms in total. The molecule has 22 heavy (non-hydrogen) atoms. The van der Waals surface area contributed by atoms with Gasteiger partial charge >= 0.3 is 6.03 Å². The van der Waals surface area contributed by atoms with Crippen LogP contribution in [0.1, 0.15) is 12.5 Å². The normalized spacial score (nSPS) is 9.86. The Bertz CT molecular complexity index is 573. The van der Waals surface area contributed by atoms with Crippen molar-refractivity contribution < 1.29 is 14.3 Å². The summed E-state index contributed by atoms with van der Waals surface area (Å²) in [7, 11) is 0. The van der Waals surface area contributed by atoms with Crippen LogP contribution in [-0.4, -0.2) is 24.4 Å². The quantitative estimate of drug-likeness (QED) is 0.770. The lowest BCUT2D eigenvalue weighted by Gasteiger charge is -2.10. The van der Waals surface area contributed by atoms with Gasteiger partial charge in [0.05, 0.1) is 6.61 Å². The van der Waals surface area contributed by atoms with E-state index in [-0.39, 0.29) is 12.8 Å². The van der Waals surface area contributed by atoms with Gasteiger partial charge in [-0.2, -0.15) is 0 Å². The highest BCUT2D eigenvalue weighted by Crippen LogP contribution is 2.17. The third kappa shape index (κ3) is 5.32. The highest BCUT2D eigenvalue weighted by molar-refractivity contribution is 5.73. The van der Waals surface area contributed by atoms with Crippen LogP contribution in [0.25, 0.3) is 0 Å². The zero-order chi connectivity index (χ0) is 15.6. The summed E-state index contributed by atoms with van der Waals surface area (Å²) in [4.78, 5) is 15.5. The molecule has 0 aliphatic heterocycles. The number of hydrogen-bond donors (Lipinski definition) is 2. The van der Waals surface area contributed by atoms with Crippen LogP contribution in [0, 0.1) is 0 Å². The summed E-state index contributed by atoms with van der Waals surface area (Å²) in [6.07, 6.45) is 3.37. The van der Waals surface area contributed by atoms with Crippen LogP contribution in [0.4, 0.5) is 4.79 Å². The number of pyridine rings is 1. The molecule has 0 spiro atoms. The summed E-state index contributed by atoms with van der Waals surface area (Å²) in [6.45, 7) is 3.09. The number of hydrogen-bond acceptors (Lipinski definition) is 4. The molecule has 0 unspecified atom stereocenters. The number of urea groups is 1. The average Bonchev–Trinajstić information content (AvgIpc) is 2.56. The van der Waals surface area contributed by atoms with Crippen molar-refractivity contribution in [3.63, 3.8) is 0 Å². The van der Waals surface area contributed by atoms with E-state index in [1.54, 1.807) is 24.5 Å². The summed E-state index contributed by atoms with van der Waals surface area (Å²) >= 11 is 0. The Morgan fingerprint density at radius 3 is 2.27 bits per heavy atom. The number of benzene rings is 1. The maximum absolute atomic E-state index is 11.6. The third-order valence-electron chi connectivity index (χ3n) is 2.81. The van der Waals surface area contributed by atoms with E-state index in [2.05, 4.69) is 15.6 Å². The Kier molecular flexibility index (Phi) is 6.04. The van der Waals surface area contributed by atoms with Gasteiger partial charge in [0.1, 0.15) is 11.5 Å². The molecular formula is C16H19N3O3. The van der Waals surface area contributed by atoms with Crippen molar-refractivity contribution in [2.24, 2.45) is 0 Å². The molecule has 6 heteroatoms. The van der Waals surface area contributed by atoms with Gasteiger partial charge in [0.25, 0.3) is 0 Å². The molecule has 1 heterocycles. The smallest absolute Gasteiger partial charge is 0.317 e. The van der Waals surface area contributed by atoms with Crippen LogP contribution >= 0.6 is 0 Å². The highest BCUT2D eigenvalue weighted by Gasteiger charge is 2.00. The molecule has 0 atom stereocenters. The first kappa shape index (κ1) is 15.6. The first-order valence-electron chi connectivity index (χ1n) is 7.04. The Labute approximate surface area is 129 Å². The van der Waals surface area contributed by atoms with Crippen molar-refractivity contribution in [2.75, 3.05) is 13.3 Å². The second-order valence-electron chi connectivity index (χ2n) is 4.41. The minimum atomic E-state index is -0.289. The van der Waals surface area contributed by atoms with Crippen molar-refractivity contribution in [1.29, 1.82) is 0 Å². The minimum absolute atomic E-state index is 0.0934. The van der Waals surface area contributed by atoms with Crippen molar-refractivity contribution in [2.45, 2.75) is 13.5 Å². The van der Waals surface area contributed by atoms with Gasteiger partial charge in [-0.05, 0) is 48.9 Å². The second-order valence-corrected chi connectivity index (χ2v) is 4.41. The predicted molar refractivity (Wildman–Crippen MR) is 82.7 cm³/mol. The van der Waals surface area contributed by atoms with Crippen LogP contribution in [-0.2, 0) is 6.54 Å². The fourth-order valence-electron chi connectivity index (χ4n) is 1.73. The molecule has 0 radical (unpaired) electrons. The highest BCUT2D eigenvalue weighted by atomic mass is 16.5. The van der Waals surface area contributed by atoms with Crippen LogP contribution in [0.15, 0.2) is 48.8 Å². The molecule has 1 aromatic heterocycles. The predicted octanol–water partition coefficient (Wildman–Crippen LogP) is 2.32. The summed E-state index contributed by atoms with van der Waals surface area (Å²) in [5, 5.41) is 5.36. The standard InChI is InChI=1S/C16H19N3O3/c1-2-21-14-3-5-15(6-4-14)22-12-19-16(20)18-11-13-7-9-17-10-8-13/h3-10H,2,11-12H2,1H3,(H2,18,19,20). The van der Waals surface area contributed by atoms with E-state index in [9.17, 15) is 4.79 Å². The SMILES string of the molecule is CCOc1ccc(OCNC(=O)NCc2ccncc2)cc1. The lowest BCUT2D eigenvalue weighted by Crippen LogP contribution is -2.37. The van der Waals surface area contributed by atoms with Gasteiger partial charge in [-0.15, -0.1) is 0 Å². The number of rotatable bonds is 7. The van der Waals surface area contributed by atoms with E-state index in [1.807, 2.05) is 31.2 Å². The maximum Gasteiger partial charge on any atom is 0.317 e. The minimum Gasteiger partial charge on any atom is -0.494 e. The van der Waals surface area contributed by atoms with E-state index < -0.39 is 0 Å². The van der Waals surface area contributed by atoms with E-state index >= 15 is 0 Å². The summed E-state index contributed by atoms with van der Waals surface area (Å²) in [5.74, 6) is 1.45. The van der Waals surface area contributed by atoms with Gasteiger partial charge in [0.2, 0.25) is 0 Å². The van der Waals surface area contributed by atoms with Crippen molar-refractivity contribution in [1.82, 2.24) is 15.6 Å². The Balaban J connectivity index is 1.66. The molecule has 0 aliphatic carbocycles. The lowest BCUT2D eigenvalue weighted by molar-refractivity contribution is 0.223. The van der Waals surface area contributed by atoms with Crippen LogP contribution in [0.3, 0.4) is 0 Å². The van der Waals surface area contributed by atoms with Crippen molar-refractivity contribution in [3.05, 3.63) is 54.4 Å². The van der Waals surface area contributed by atoms with Crippen molar-refractivity contribution in [3.8, 4) is 11.5 Å². The van der Waals surface area contributed by atoms with Crippen molar-refractivity contribution >= 4 is 6.03 Å². The van der Waals surface area contributed by atoms with E-state index in [4.69, 9.17) is 9.47 Å². The van der Waals surface area contributed by atoms with Crippen LogP contribution in [0.2, 0.25) is 0 Å². The molecule has 0 fully saturated rings. The molecular weight excluding hydrogens is 282 g/mol. The Morgan fingerprint density at radius 1 is 1.00 bits per heavy atom. The largest absolute Gasteiger partial charge is 0.494 e. The number of amides is 2. The van der Waals surface area contributed by atoms with Gasteiger partial charge in [0.15, 0.2) is 6.73 Å². The van der Waals surface area contributed by atoms with Gasteiger partial charge in [-0.3, -0.25) is 4.98 Å². The number of ether oxygens (including phenoxy) is 2. The molecule has 2 aromatic rings. The molecule has 0 saturated carbocycles. The number of carbonyl (C=O) groups excluding carboxylic acids is 1. The van der Waals surface area contributed by atoms with Gasteiger partial charge in [-0.1, -0.05) is 0 Å². The number of nitrogens with zero attached hydrogens (tertiary/aromatic N) is 1. The van der Waals surface area contributed by atoms with Gasteiger partial charge in [-0.25, -0.2) is 4.79 Å². The molecule has 2 N–H and O–H groups in total. The third-order valence-corrected chi connectivity index (χ3v) is 2.81. The first-order chi connectivity index (χ1) is 10.8. The fraction of sp³-hybridized carbons (Fsp3) is 0.250. The maximum atomic E-state index is 11.6. The Hall–Kier alpha value is -2.76. The fourth-order valence-corrected chi connectivity index (χ4v) is 1.73. The number of aromatic nitrogens is 1. The van der Waals surface area contributed by atoms with Crippen LogP contribution < -0.4 is 20.1 Å². The summed E-state index contributed by atoms with van der Waals surface area (Å²) in [5.41, 5.74) is 0.984. The molecule has 2 rings (SSSR count). The number of nitrogens with one attached hydrogen (secondary N) is 2. The molecule has 116 valence electrons. The lowest BCUT2D eigenvalue weighted by atomic mass is 10.3. The summed E-state index contributed by atoms with van der Waals surface area (Å²) in [6, 6.07) is 10.6. The molecule has 0 aliphatic rings. The van der Waals surface area contributed by atoms with Gasteiger partial charge < -0.3 is 20.1 Å². The summed E-state index contributed by atoms with van der Waals surface area (Å²) < 4.78 is 10.8. The zero-order valence-corrected chi connectivity index (χ0v) is 12.4. The second kappa shape index (κ2) is 8.51. The first-order valence-corrected chi connectivity index (χ1v) is 7.04. The van der Waals surface area contributed by atoms with E-state index in [1.165, 1.54) is 0 Å². The Morgan fingerprint density at radius 2 is 1.64 bits per heavy atom. The van der Waals surface area contributed by atoms with E-state index in [0.29, 0.717) is 18.9 Å². The molecule has 1 aromatic carbocycles. The monoisotopic (exact) mass is 301 g/mol. The molecule has 2 amide bonds. The zero-order valence-electron chi connectivity index (χ0n) is 12.4. The molecule has 0 saturated heterocycles. The number of carbonyl (C=O) groups is 1. The molecule has 0 bridgehead atoms. The van der Waals surface area contributed by atoms with Gasteiger partial charge in [0, 0.05) is 18.9 Å². The topological polar surface area (TPSA) is 72.5 Å². The van der Waals surface area contributed by atoms with E-state index in [0.717, 1.165) is 11.3 Å². The average molecular weight is 301 g/mol.